The number of aromatic nitrogens is 2. The number of hydrogen-bond donors (Lipinski definition) is 1. The van der Waals surface area contributed by atoms with Gasteiger partial charge in [-0.3, -0.25) is 4.79 Å². The summed E-state index contributed by atoms with van der Waals surface area (Å²) in [6.45, 7) is 12.8. The first-order valence-electron chi connectivity index (χ1n) is 10.3. The van der Waals surface area contributed by atoms with Gasteiger partial charge in [0.1, 0.15) is 14.8 Å². The number of likely N-dealkylation sites (tertiary alicyclic amines) is 1. The molecule has 0 bridgehead atoms. The number of carbonyl (C=O) groups is 1. The van der Waals surface area contributed by atoms with Crippen LogP contribution >= 0.6 is 11.3 Å². The largest absolute Gasteiger partial charge is 0.345 e. The highest BCUT2D eigenvalue weighted by molar-refractivity contribution is 7.89. The Morgan fingerprint density at radius 3 is 2.40 bits per heavy atom. The van der Waals surface area contributed by atoms with Crippen LogP contribution in [0.3, 0.4) is 0 Å². The Balaban J connectivity index is 1.94. The minimum absolute atomic E-state index is 0.0244. The SMILES string of the molecule is Cc1nc(-c2cc(S(=O)(=O)NC(C)(C)C)c(C)n2C)sc1C(=O)N1CCC(C)CC1. The van der Waals surface area contributed by atoms with Crippen molar-refractivity contribution in [2.45, 2.75) is 64.8 Å². The second-order valence-corrected chi connectivity index (χ2v) is 12.0. The van der Waals surface area contributed by atoms with Gasteiger partial charge in [0.05, 0.1) is 11.4 Å². The molecule has 9 heteroatoms. The lowest BCUT2D eigenvalue weighted by Gasteiger charge is -2.30. The fourth-order valence-corrected chi connectivity index (χ4v) is 6.46. The molecule has 0 unspecified atom stereocenters. The first-order valence-corrected chi connectivity index (χ1v) is 12.6. The molecular formula is C21H32N4O3S2. The first kappa shape index (κ1) is 23.0. The third kappa shape index (κ3) is 4.63. The van der Waals surface area contributed by atoms with Crippen molar-refractivity contribution >= 4 is 27.3 Å². The summed E-state index contributed by atoms with van der Waals surface area (Å²) in [5, 5.41) is 0.657. The number of thiazole rings is 1. The molecule has 1 aliphatic heterocycles. The van der Waals surface area contributed by atoms with Crippen molar-refractivity contribution in [2.24, 2.45) is 13.0 Å². The van der Waals surface area contributed by atoms with Crippen LogP contribution in [-0.2, 0) is 17.1 Å². The Labute approximate surface area is 183 Å². The van der Waals surface area contributed by atoms with Gasteiger partial charge in [-0.05, 0) is 59.4 Å². The number of nitrogens with one attached hydrogen (secondary N) is 1. The van der Waals surface area contributed by atoms with Gasteiger partial charge in [-0.15, -0.1) is 11.3 Å². The van der Waals surface area contributed by atoms with E-state index < -0.39 is 15.6 Å². The molecule has 1 N–H and O–H groups in total. The molecule has 1 fully saturated rings. The monoisotopic (exact) mass is 452 g/mol. The average molecular weight is 453 g/mol. The van der Waals surface area contributed by atoms with Crippen LogP contribution in [-0.4, -0.2) is 47.4 Å². The van der Waals surface area contributed by atoms with Gasteiger partial charge in [0.2, 0.25) is 10.0 Å². The van der Waals surface area contributed by atoms with E-state index in [1.165, 1.54) is 11.3 Å². The highest BCUT2D eigenvalue weighted by atomic mass is 32.2. The maximum Gasteiger partial charge on any atom is 0.265 e. The molecule has 2 aromatic rings. The maximum absolute atomic E-state index is 13.0. The van der Waals surface area contributed by atoms with E-state index in [4.69, 9.17) is 0 Å². The molecule has 1 amide bonds. The van der Waals surface area contributed by atoms with Crippen molar-refractivity contribution < 1.29 is 13.2 Å². The van der Waals surface area contributed by atoms with Gasteiger partial charge in [-0.1, -0.05) is 6.92 Å². The van der Waals surface area contributed by atoms with Crippen LogP contribution in [0.25, 0.3) is 10.7 Å². The Morgan fingerprint density at radius 1 is 1.23 bits per heavy atom. The quantitative estimate of drug-likeness (QED) is 0.766. The van der Waals surface area contributed by atoms with Crippen LogP contribution in [0.5, 0.6) is 0 Å². The maximum atomic E-state index is 13.0. The Hall–Kier alpha value is -1.71. The third-order valence-electron chi connectivity index (χ3n) is 5.50. The molecule has 1 aliphatic rings. The van der Waals surface area contributed by atoms with Crippen molar-refractivity contribution in [3.8, 4) is 10.7 Å². The van der Waals surface area contributed by atoms with Gasteiger partial charge in [-0.2, -0.15) is 0 Å². The van der Waals surface area contributed by atoms with Gasteiger partial charge in [0.25, 0.3) is 5.91 Å². The smallest absolute Gasteiger partial charge is 0.265 e. The number of aryl methyl sites for hydroxylation is 1. The molecule has 2 aromatic heterocycles. The zero-order valence-electron chi connectivity index (χ0n) is 18.9. The number of piperidine rings is 1. The predicted octanol–water partition coefficient (Wildman–Crippen LogP) is 3.71. The molecule has 0 radical (unpaired) electrons. The van der Waals surface area contributed by atoms with Crippen LogP contribution in [0.1, 0.15) is 61.6 Å². The molecular weight excluding hydrogens is 420 g/mol. The van der Waals surface area contributed by atoms with Crippen LogP contribution in [0.15, 0.2) is 11.0 Å². The molecule has 3 heterocycles. The van der Waals surface area contributed by atoms with Gasteiger partial charge in [0.15, 0.2) is 0 Å². The summed E-state index contributed by atoms with van der Waals surface area (Å²) in [6, 6.07) is 1.65. The van der Waals surface area contributed by atoms with Crippen molar-refractivity contribution in [3.05, 3.63) is 22.3 Å². The molecule has 0 atom stereocenters. The molecule has 7 nitrogen and oxygen atoms in total. The summed E-state index contributed by atoms with van der Waals surface area (Å²) >= 11 is 1.34. The summed E-state index contributed by atoms with van der Waals surface area (Å²) in [7, 11) is -1.85. The topological polar surface area (TPSA) is 84.3 Å². The summed E-state index contributed by atoms with van der Waals surface area (Å²) < 4.78 is 30.3. The highest BCUT2D eigenvalue weighted by Gasteiger charge is 2.29. The molecule has 30 heavy (non-hydrogen) atoms. The van der Waals surface area contributed by atoms with E-state index in [1.54, 1.807) is 13.0 Å². The molecule has 1 saturated heterocycles. The molecule has 166 valence electrons. The van der Waals surface area contributed by atoms with Crippen molar-refractivity contribution in [2.75, 3.05) is 13.1 Å². The molecule has 0 aliphatic carbocycles. The summed E-state index contributed by atoms with van der Waals surface area (Å²) in [6.07, 6.45) is 2.05. The summed E-state index contributed by atoms with van der Waals surface area (Å²) in [5.74, 6) is 0.678. The van der Waals surface area contributed by atoms with Crippen LogP contribution < -0.4 is 4.72 Å². The Bertz CT molecular complexity index is 1050. The lowest BCUT2D eigenvalue weighted by atomic mass is 9.99. The van der Waals surface area contributed by atoms with Crippen molar-refractivity contribution in [1.29, 1.82) is 0 Å². The van der Waals surface area contributed by atoms with E-state index >= 15 is 0 Å². The fraction of sp³-hybridized carbons (Fsp3) is 0.619. The second-order valence-electron chi connectivity index (χ2n) is 9.30. The minimum atomic E-state index is -3.67. The zero-order valence-corrected chi connectivity index (χ0v) is 20.5. The minimum Gasteiger partial charge on any atom is -0.345 e. The van der Waals surface area contributed by atoms with E-state index in [1.807, 2.05) is 44.2 Å². The van der Waals surface area contributed by atoms with E-state index in [0.29, 0.717) is 32.9 Å². The average Bonchev–Trinajstić information content (AvgIpc) is 3.14. The van der Waals surface area contributed by atoms with Crippen LogP contribution in [0.2, 0.25) is 0 Å². The van der Waals surface area contributed by atoms with Crippen molar-refractivity contribution in [1.82, 2.24) is 19.2 Å². The summed E-state index contributed by atoms with van der Waals surface area (Å²) in [4.78, 5) is 20.4. The lowest BCUT2D eigenvalue weighted by molar-refractivity contribution is 0.0701. The number of sulfonamides is 1. The third-order valence-corrected chi connectivity index (χ3v) is 8.54. The number of hydrogen-bond acceptors (Lipinski definition) is 5. The normalized spacial score (nSPS) is 16.3. The van der Waals surface area contributed by atoms with Gasteiger partial charge in [-0.25, -0.2) is 18.1 Å². The van der Waals surface area contributed by atoms with Crippen molar-refractivity contribution in [3.63, 3.8) is 0 Å². The molecule has 3 rings (SSSR count). The Kier molecular flexibility index (Phi) is 6.19. The zero-order chi connectivity index (χ0) is 22.4. The first-order chi connectivity index (χ1) is 13.8. The van der Waals surface area contributed by atoms with E-state index in [-0.39, 0.29) is 10.8 Å². The van der Waals surface area contributed by atoms with E-state index in [0.717, 1.165) is 25.9 Å². The van der Waals surface area contributed by atoms with Crippen LogP contribution in [0, 0.1) is 19.8 Å². The van der Waals surface area contributed by atoms with Crippen LogP contribution in [0.4, 0.5) is 0 Å². The number of amides is 1. The van der Waals surface area contributed by atoms with Gasteiger partial charge >= 0.3 is 0 Å². The second kappa shape index (κ2) is 8.09. The standard InChI is InChI=1S/C21H32N4O3S2/c1-13-8-10-25(11-9-13)20(26)18-14(2)22-19(29-18)16-12-17(15(3)24(16)7)30(27,28)23-21(4,5)6/h12-13,23H,8-11H2,1-7H3. The Morgan fingerprint density at radius 2 is 1.83 bits per heavy atom. The van der Waals surface area contributed by atoms with Gasteiger partial charge in [0, 0.05) is 31.4 Å². The number of rotatable bonds is 4. The molecule has 0 spiro atoms. The number of nitrogens with zero attached hydrogens (tertiary/aromatic N) is 3. The molecule has 0 aromatic carbocycles. The highest BCUT2D eigenvalue weighted by Crippen LogP contribution is 2.33. The lowest BCUT2D eigenvalue weighted by Crippen LogP contribution is -2.40. The van der Waals surface area contributed by atoms with Gasteiger partial charge < -0.3 is 9.47 Å². The predicted molar refractivity (Wildman–Crippen MR) is 120 cm³/mol. The summed E-state index contributed by atoms with van der Waals surface area (Å²) in [5.41, 5.74) is 1.44. The van der Waals surface area contributed by atoms with E-state index in [2.05, 4.69) is 16.6 Å². The molecule has 0 saturated carbocycles. The number of carbonyl (C=O) groups excluding carboxylic acids is 1. The fourth-order valence-electron chi connectivity index (χ4n) is 3.67. The van der Waals surface area contributed by atoms with E-state index in [9.17, 15) is 13.2 Å².